The molecule has 8 heteroatoms. The molecule has 0 atom stereocenters. The van der Waals surface area contributed by atoms with E-state index >= 15 is 0 Å². The van der Waals surface area contributed by atoms with Crippen LogP contribution in [0.4, 0.5) is 0 Å². The Morgan fingerprint density at radius 1 is 1.22 bits per heavy atom. The van der Waals surface area contributed by atoms with Gasteiger partial charge in [0.05, 0.1) is 6.54 Å². The van der Waals surface area contributed by atoms with Gasteiger partial charge < -0.3 is 5.11 Å². The van der Waals surface area contributed by atoms with Gasteiger partial charge in [-0.15, -0.1) is 0 Å². The second-order valence-corrected chi connectivity index (χ2v) is 7.10. The van der Waals surface area contributed by atoms with Crippen LogP contribution in [0.1, 0.15) is 20.8 Å². The zero-order valence-electron chi connectivity index (χ0n) is 11.0. The molecule has 0 saturated carbocycles. The molecule has 0 aromatic heterocycles. The molecule has 0 radical (unpaired) electrons. The lowest BCUT2D eigenvalue weighted by atomic mass is 10.1. The summed E-state index contributed by atoms with van der Waals surface area (Å²) in [6, 6.07) is 0. The highest BCUT2D eigenvalue weighted by atomic mass is 32.2. The number of carboxylic acid groups (broad SMARTS) is 1. The van der Waals surface area contributed by atoms with Gasteiger partial charge in [0.15, 0.2) is 0 Å². The molecule has 0 aromatic rings. The number of aliphatic carboxylic acids is 1. The van der Waals surface area contributed by atoms with Crippen LogP contribution in [0.3, 0.4) is 0 Å². The summed E-state index contributed by atoms with van der Waals surface area (Å²) in [5, 5.41) is 8.66. The Morgan fingerprint density at radius 3 is 2.11 bits per heavy atom. The second kappa shape index (κ2) is 5.52. The molecule has 1 fully saturated rings. The van der Waals surface area contributed by atoms with Crippen LogP contribution in [0, 0.1) is 0 Å². The van der Waals surface area contributed by atoms with E-state index in [0.29, 0.717) is 26.2 Å². The maximum atomic E-state index is 12.0. The van der Waals surface area contributed by atoms with Gasteiger partial charge >= 0.3 is 5.97 Å². The molecule has 0 unspecified atom stereocenters. The minimum Gasteiger partial charge on any atom is -0.480 e. The number of rotatable bonds is 4. The molecule has 0 bridgehead atoms. The fourth-order valence-corrected chi connectivity index (χ4v) is 3.32. The first-order valence-corrected chi connectivity index (χ1v) is 7.27. The normalized spacial score (nSPS) is 19.9. The van der Waals surface area contributed by atoms with E-state index in [0.717, 1.165) is 0 Å². The van der Waals surface area contributed by atoms with Crippen LogP contribution in [0.2, 0.25) is 0 Å². The highest BCUT2D eigenvalue weighted by Gasteiger charge is 2.30. The monoisotopic (exact) mass is 279 g/mol. The van der Waals surface area contributed by atoms with Gasteiger partial charge in [-0.25, -0.2) is 0 Å². The van der Waals surface area contributed by atoms with Gasteiger partial charge in [-0.1, -0.05) is 0 Å². The fourth-order valence-electron chi connectivity index (χ4n) is 1.77. The van der Waals surface area contributed by atoms with Gasteiger partial charge in [0, 0.05) is 31.7 Å². The average molecular weight is 279 g/mol. The Morgan fingerprint density at radius 2 is 1.72 bits per heavy atom. The number of hydrogen-bond donors (Lipinski definition) is 2. The molecule has 1 aliphatic rings. The van der Waals surface area contributed by atoms with E-state index in [2.05, 4.69) is 4.72 Å². The minimum absolute atomic E-state index is 0.0411. The van der Waals surface area contributed by atoms with E-state index < -0.39 is 21.7 Å². The quantitative estimate of drug-likeness (QED) is 0.712. The van der Waals surface area contributed by atoms with Crippen molar-refractivity contribution in [1.82, 2.24) is 13.9 Å². The van der Waals surface area contributed by atoms with Gasteiger partial charge in [0.2, 0.25) is 0 Å². The molecule has 0 aromatic carbocycles. The van der Waals surface area contributed by atoms with E-state index in [-0.39, 0.29) is 6.54 Å². The van der Waals surface area contributed by atoms with Crippen LogP contribution < -0.4 is 4.72 Å². The smallest absolute Gasteiger partial charge is 0.317 e. The molecular formula is C10H21N3O4S. The van der Waals surface area contributed by atoms with Crippen molar-refractivity contribution in [1.29, 1.82) is 0 Å². The Bertz CT molecular complexity index is 394. The van der Waals surface area contributed by atoms with Crippen molar-refractivity contribution in [3.8, 4) is 0 Å². The summed E-state index contributed by atoms with van der Waals surface area (Å²) in [6.07, 6.45) is 0. The number of carboxylic acids is 1. The third kappa shape index (κ3) is 4.89. The molecule has 0 aliphatic carbocycles. The third-order valence-electron chi connectivity index (χ3n) is 2.47. The number of nitrogens with one attached hydrogen (secondary N) is 1. The lowest BCUT2D eigenvalue weighted by Crippen LogP contribution is -2.55. The summed E-state index contributed by atoms with van der Waals surface area (Å²) >= 11 is 0. The molecule has 2 N–H and O–H groups in total. The molecule has 0 amide bonds. The molecule has 1 aliphatic heterocycles. The number of carbonyl (C=O) groups is 1. The van der Waals surface area contributed by atoms with Crippen molar-refractivity contribution in [3.05, 3.63) is 0 Å². The van der Waals surface area contributed by atoms with E-state index in [9.17, 15) is 13.2 Å². The maximum Gasteiger partial charge on any atom is 0.317 e. The van der Waals surface area contributed by atoms with E-state index in [1.165, 1.54) is 4.31 Å². The average Bonchev–Trinajstić information content (AvgIpc) is 2.13. The maximum absolute atomic E-state index is 12.0. The van der Waals surface area contributed by atoms with Crippen LogP contribution in [0.5, 0.6) is 0 Å². The molecule has 1 heterocycles. The van der Waals surface area contributed by atoms with Gasteiger partial charge in [0.1, 0.15) is 0 Å². The molecule has 1 saturated heterocycles. The molecule has 18 heavy (non-hydrogen) atoms. The highest BCUT2D eigenvalue weighted by molar-refractivity contribution is 7.87. The summed E-state index contributed by atoms with van der Waals surface area (Å²) in [5.74, 6) is -0.890. The van der Waals surface area contributed by atoms with Crippen molar-refractivity contribution in [3.63, 3.8) is 0 Å². The predicted octanol–water partition coefficient (Wildman–Crippen LogP) is -0.678. The lowest BCUT2D eigenvalue weighted by molar-refractivity contribution is -0.138. The van der Waals surface area contributed by atoms with Crippen LogP contribution in [0.25, 0.3) is 0 Å². The van der Waals surface area contributed by atoms with Crippen LogP contribution in [-0.2, 0) is 15.0 Å². The third-order valence-corrected chi connectivity index (χ3v) is 4.38. The standard InChI is InChI=1S/C10H21N3O4S/c1-10(2,3)11-18(16,17)13-6-4-12(5-7-13)8-9(14)15/h11H,4-8H2,1-3H3,(H,14,15). The summed E-state index contributed by atoms with van der Waals surface area (Å²) in [5.41, 5.74) is -0.517. The first-order chi connectivity index (χ1) is 8.10. The Kier molecular flexibility index (Phi) is 4.71. The predicted molar refractivity (Wildman–Crippen MR) is 67.5 cm³/mol. The largest absolute Gasteiger partial charge is 0.480 e. The van der Waals surface area contributed by atoms with Crippen LogP contribution in [0.15, 0.2) is 0 Å². The summed E-state index contributed by atoms with van der Waals surface area (Å²) in [7, 11) is -3.48. The summed E-state index contributed by atoms with van der Waals surface area (Å²) < 4.78 is 28.0. The van der Waals surface area contributed by atoms with Crippen molar-refractivity contribution in [2.45, 2.75) is 26.3 Å². The molecule has 106 valence electrons. The molecule has 0 spiro atoms. The molecular weight excluding hydrogens is 258 g/mol. The van der Waals surface area contributed by atoms with Crippen molar-refractivity contribution < 1.29 is 18.3 Å². The number of nitrogens with zero attached hydrogens (tertiary/aromatic N) is 2. The minimum atomic E-state index is -3.48. The highest BCUT2D eigenvalue weighted by Crippen LogP contribution is 2.10. The van der Waals surface area contributed by atoms with Crippen molar-refractivity contribution in [2.75, 3.05) is 32.7 Å². The number of hydrogen-bond acceptors (Lipinski definition) is 4. The van der Waals surface area contributed by atoms with Gasteiger partial charge in [-0.2, -0.15) is 17.4 Å². The Balaban J connectivity index is 2.55. The zero-order valence-corrected chi connectivity index (χ0v) is 11.8. The van der Waals surface area contributed by atoms with Gasteiger partial charge in [0.25, 0.3) is 10.2 Å². The Labute approximate surface area is 108 Å². The first kappa shape index (κ1) is 15.4. The first-order valence-electron chi connectivity index (χ1n) is 5.83. The van der Waals surface area contributed by atoms with Crippen molar-refractivity contribution in [2.24, 2.45) is 0 Å². The Hall–Kier alpha value is -0.700. The summed E-state index contributed by atoms with van der Waals surface area (Å²) in [4.78, 5) is 12.3. The van der Waals surface area contributed by atoms with Gasteiger partial charge in [-0.3, -0.25) is 9.69 Å². The number of piperazine rings is 1. The van der Waals surface area contributed by atoms with E-state index in [4.69, 9.17) is 5.11 Å². The van der Waals surface area contributed by atoms with Crippen LogP contribution in [-0.4, -0.2) is 67.0 Å². The molecule has 7 nitrogen and oxygen atoms in total. The van der Waals surface area contributed by atoms with Crippen LogP contribution >= 0.6 is 0 Å². The van der Waals surface area contributed by atoms with Gasteiger partial charge in [-0.05, 0) is 20.8 Å². The lowest BCUT2D eigenvalue weighted by Gasteiger charge is -2.34. The summed E-state index contributed by atoms with van der Waals surface area (Å²) in [6.45, 7) is 6.83. The van der Waals surface area contributed by atoms with E-state index in [1.54, 1.807) is 25.7 Å². The molecule has 1 rings (SSSR count). The fraction of sp³-hybridized carbons (Fsp3) is 0.900. The zero-order chi connectivity index (χ0) is 14.0. The topological polar surface area (TPSA) is 90.0 Å². The van der Waals surface area contributed by atoms with Crippen molar-refractivity contribution >= 4 is 16.2 Å². The van der Waals surface area contributed by atoms with E-state index in [1.807, 2.05) is 0 Å². The SMILES string of the molecule is CC(C)(C)NS(=O)(=O)N1CCN(CC(=O)O)CC1. The second-order valence-electron chi connectivity index (χ2n) is 5.43.